The van der Waals surface area contributed by atoms with Crippen LogP contribution in [0.4, 0.5) is 5.69 Å². The summed E-state index contributed by atoms with van der Waals surface area (Å²) >= 11 is 0. The first kappa shape index (κ1) is 21.1. The number of fused-ring (bicyclic) bond motifs is 1. The number of rotatable bonds is 8. The van der Waals surface area contributed by atoms with Gasteiger partial charge in [-0.1, -0.05) is 30.3 Å². The lowest BCUT2D eigenvalue weighted by molar-refractivity contribution is -0.116. The highest BCUT2D eigenvalue weighted by molar-refractivity contribution is 5.91. The first-order valence-corrected chi connectivity index (χ1v) is 10.1. The number of pyridine rings is 2. The van der Waals surface area contributed by atoms with E-state index in [0.717, 1.165) is 10.9 Å². The van der Waals surface area contributed by atoms with E-state index in [2.05, 4.69) is 15.3 Å². The predicted molar refractivity (Wildman–Crippen MR) is 123 cm³/mol. The summed E-state index contributed by atoms with van der Waals surface area (Å²) in [6.45, 7) is 0. The van der Waals surface area contributed by atoms with Crippen molar-refractivity contribution in [2.45, 2.75) is 12.8 Å². The van der Waals surface area contributed by atoms with E-state index in [9.17, 15) is 4.79 Å². The smallest absolute Gasteiger partial charge is 0.224 e. The van der Waals surface area contributed by atoms with Crippen molar-refractivity contribution in [1.29, 1.82) is 0 Å². The molecule has 32 heavy (non-hydrogen) atoms. The van der Waals surface area contributed by atoms with E-state index < -0.39 is 0 Å². The van der Waals surface area contributed by atoms with Gasteiger partial charge in [-0.25, -0.2) is 4.98 Å². The Kier molecular flexibility index (Phi) is 6.46. The van der Waals surface area contributed by atoms with Gasteiger partial charge in [0.15, 0.2) is 11.5 Å². The largest absolute Gasteiger partial charge is 0.493 e. The topological polar surface area (TPSA) is 82.6 Å². The Morgan fingerprint density at radius 1 is 0.906 bits per heavy atom. The number of aryl methyl sites for hydroxylation is 1. The highest BCUT2D eigenvalue weighted by Gasteiger charge is 2.12. The molecule has 0 aliphatic carbocycles. The first-order chi connectivity index (χ1) is 15.7. The standard InChI is InChI=1S/C25H23N3O4/c1-30-22-14-19-20(15-23(22)31-2)26-13-12-21(19)32-25-11-9-18(16-27-25)28-24(29)10-8-17-6-4-3-5-7-17/h3-7,9,11-16H,8,10H2,1-2H3,(H,28,29). The van der Waals surface area contributed by atoms with Crippen molar-refractivity contribution in [2.75, 3.05) is 19.5 Å². The lowest BCUT2D eigenvalue weighted by Gasteiger charge is -2.12. The van der Waals surface area contributed by atoms with Gasteiger partial charge < -0.3 is 19.5 Å². The van der Waals surface area contributed by atoms with E-state index in [1.54, 1.807) is 50.9 Å². The van der Waals surface area contributed by atoms with Crippen LogP contribution < -0.4 is 19.5 Å². The number of anilines is 1. The number of nitrogens with zero attached hydrogens (tertiary/aromatic N) is 2. The summed E-state index contributed by atoms with van der Waals surface area (Å²) in [4.78, 5) is 20.9. The molecule has 7 nitrogen and oxygen atoms in total. The number of benzene rings is 2. The van der Waals surface area contributed by atoms with Gasteiger partial charge in [-0.3, -0.25) is 9.78 Å². The van der Waals surface area contributed by atoms with Crippen molar-refractivity contribution in [3.63, 3.8) is 0 Å². The summed E-state index contributed by atoms with van der Waals surface area (Å²) in [5.41, 5.74) is 2.45. The van der Waals surface area contributed by atoms with Gasteiger partial charge in [0.05, 0.1) is 31.6 Å². The summed E-state index contributed by atoms with van der Waals surface area (Å²) in [5.74, 6) is 2.10. The molecule has 0 aliphatic heterocycles. The van der Waals surface area contributed by atoms with E-state index in [-0.39, 0.29) is 5.91 Å². The van der Waals surface area contributed by atoms with Gasteiger partial charge in [0.25, 0.3) is 0 Å². The third-order valence-corrected chi connectivity index (χ3v) is 4.93. The van der Waals surface area contributed by atoms with Gasteiger partial charge in [0.1, 0.15) is 5.75 Å². The molecule has 0 bridgehead atoms. The maximum absolute atomic E-state index is 12.2. The molecule has 1 amide bonds. The Balaban J connectivity index is 1.43. The second kappa shape index (κ2) is 9.78. The van der Waals surface area contributed by atoms with Gasteiger partial charge in [0, 0.05) is 30.1 Å². The summed E-state index contributed by atoms with van der Waals surface area (Å²) in [7, 11) is 3.16. The molecule has 0 saturated heterocycles. The summed E-state index contributed by atoms with van der Waals surface area (Å²) in [6, 6.07) is 18.7. The van der Waals surface area contributed by atoms with Crippen LogP contribution in [0.5, 0.6) is 23.1 Å². The Labute approximate surface area is 186 Å². The molecule has 2 aromatic heterocycles. The van der Waals surface area contributed by atoms with Crippen molar-refractivity contribution >= 4 is 22.5 Å². The summed E-state index contributed by atoms with van der Waals surface area (Å²) < 4.78 is 16.7. The van der Waals surface area contributed by atoms with Gasteiger partial charge in [-0.15, -0.1) is 0 Å². The number of carbonyl (C=O) groups excluding carboxylic acids is 1. The second-order valence-electron chi connectivity index (χ2n) is 7.05. The second-order valence-corrected chi connectivity index (χ2v) is 7.05. The highest BCUT2D eigenvalue weighted by Crippen LogP contribution is 2.36. The maximum atomic E-state index is 12.2. The fourth-order valence-electron chi connectivity index (χ4n) is 3.29. The number of nitrogens with one attached hydrogen (secondary N) is 1. The number of hydrogen-bond acceptors (Lipinski definition) is 6. The summed E-state index contributed by atoms with van der Waals surface area (Å²) in [5, 5.41) is 3.63. The molecule has 0 atom stereocenters. The van der Waals surface area contributed by atoms with Gasteiger partial charge in [-0.05, 0) is 30.2 Å². The quantitative estimate of drug-likeness (QED) is 0.424. The van der Waals surface area contributed by atoms with Crippen molar-refractivity contribution in [3.05, 3.63) is 78.6 Å². The zero-order chi connectivity index (χ0) is 22.3. The molecule has 4 aromatic rings. The van der Waals surface area contributed by atoms with Crippen LogP contribution in [0.1, 0.15) is 12.0 Å². The van der Waals surface area contributed by atoms with E-state index >= 15 is 0 Å². The van der Waals surface area contributed by atoms with Crippen molar-refractivity contribution in [3.8, 4) is 23.1 Å². The lowest BCUT2D eigenvalue weighted by atomic mass is 10.1. The first-order valence-electron chi connectivity index (χ1n) is 10.1. The number of aromatic nitrogens is 2. The van der Waals surface area contributed by atoms with E-state index in [1.807, 2.05) is 36.4 Å². The molecule has 0 saturated carbocycles. The van der Waals surface area contributed by atoms with Crippen LogP contribution in [0.25, 0.3) is 10.9 Å². The number of methoxy groups -OCH3 is 2. The molecule has 0 spiro atoms. The minimum absolute atomic E-state index is 0.0644. The van der Waals surface area contributed by atoms with Crippen LogP contribution in [-0.2, 0) is 11.2 Å². The number of carbonyl (C=O) groups is 1. The normalized spacial score (nSPS) is 10.6. The summed E-state index contributed by atoms with van der Waals surface area (Å²) in [6.07, 6.45) is 4.31. The van der Waals surface area contributed by atoms with Crippen molar-refractivity contribution < 1.29 is 19.0 Å². The molecule has 0 unspecified atom stereocenters. The van der Waals surface area contributed by atoms with Gasteiger partial charge in [-0.2, -0.15) is 0 Å². The Morgan fingerprint density at radius 2 is 1.69 bits per heavy atom. The molecule has 0 fully saturated rings. The Hall–Kier alpha value is -4.13. The fourth-order valence-corrected chi connectivity index (χ4v) is 3.29. The molecule has 7 heteroatoms. The molecule has 162 valence electrons. The number of amides is 1. The Morgan fingerprint density at radius 3 is 2.41 bits per heavy atom. The number of ether oxygens (including phenoxy) is 3. The highest BCUT2D eigenvalue weighted by atomic mass is 16.5. The molecule has 2 heterocycles. The third-order valence-electron chi connectivity index (χ3n) is 4.93. The molecule has 0 aliphatic rings. The lowest BCUT2D eigenvalue weighted by Crippen LogP contribution is -2.12. The molecular weight excluding hydrogens is 406 g/mol. The third kappa shape index (κ3) is 4.95. The molecular formula is C25H23N3O4. The molecule has 1 N–H and O–H groups in total. The van der Waals surface area contributed by atoms with E-state index in [1.165, 1.54) is 0 Å². The fraction of sp³-hybridized carbons (Fsp3) is 0.160. The van der Waals surface area contributed by atoms with Gasteiger partial charge in [0.2, 0.25) is 11.8 Å². The van der Waals surface area contributed by atoms with Crippen LogP contribution in [0.3, 0.4) is 0 Å². The van der Waals surface area contributed by atoms with E-state index in [4.69, 9.17) is 14.2 Å². The van der Waals surface area contributed by atoms with Crippen LogP contribution in [0, 0.1) is 0 Å². The van der Waals surface area contributed by atoms with Crippen LogP contribution in [-0.4, -0.2) is 30.1 Å². The minimum Gasteiger partial charge on any atom is -0.493 e. The average molecular weight is 429 g/mol. The molecule has 0 radical (unpaired) electrons. The van der Waals surface area contributed by atoms with Crippen LogP contribution in [0.2, 0.25) is 0 Å². The zero-order valence-corrected chi connectivity index (χ0v) is 17.9. The molecule has 2 aromatic carbocycles. The van der Waals surface area contributed by atoms with Crippen LogP contribution in [0.15, 0.2) is 73.1 Å². The van der Waals surface area contributed by atoms with Crippen LogP contribution >= 0.6 is 0 Å². The zero-order valence-electron chi connectivity index (χ0n) is 17.9. The predicted octanol–water partition coefficient (Wildman–Crippen LogP) is 5.01. The monoisotopic (exact) mass is 429 g/mol. The Bertz CT molecular complexity index is 1210. The molecule has 4 rings (SSSR count). The number of hydrogen-bond donors (Lipinski definition) is 1. The van der Waals surface area contributed by atoms with E-state index in [0.29, 0.717) is 47.2 Å². The van der Waals surface area contributed by atoms with Crippen molar-refractivity contribution in [2.24, 2.45) is 0 Å². The minimum atomic E-state index is -0.0644. The SMILES string of the molecule is COc1cc2nccc(Oc3ccc(NC(=O)CCc4ccccc4)cn3)c2cc1OC. The van der Waals surface area contributed by atoms with Crippen molar-refractivity contribution in [1.82, 2.24) is 9.97 Å². The van der Waals surface area contributed by atoms with Gasteiger partial charge >= 0.3 is 0 Å². The maximum Gasteiger partial charge on any atom is 0.224 e. The average Bonchev–Trinajstić information content (AvgIpc) is 2.84.